The summed E-state index contributed by atoms with van der Waals surface area (Å²) >= 11 is 3.16. The lowest BCUT2D eigenvalue weighted by Gasteiger charge is -2.11. The van der Waals surface area contributed by atoms with Crippen LogP contribution in [-0.2, 0) is 0 Å². The molecule has 0 aromatic heterocycles. The van der Waals surface area contributed by atoms with Crippen LogP contribution in [0.3, 0.4) is 0 Å². The van der Waals surface area contributed by atoms with Crippen LogP contribution in [0.4, 0.5) is 8.78 Å². The molecule has 100 valence electrons. The summed E-state index contributed by atoms with van der Waals surface area (Å²) in [7, 11) is 0. The van der Waals surface area contributed by atoms with E-state index in [-0.39, 0.29) is 11.8 Å². The van der Waals surface area contributed by atoms with Crippen molar-refractivity contribution in [1.82, 2.24) is 0 Å². The fraction of sp³-hybridized carbons (Fsp3) is 0.143. The molecule has 19 heavy (non-hydrogen) atoms. The van der Waals surface area contributed by atoms with Crippen molar-refractivity contribution in [3.8, 4) is 11.5 Å². The van der Waals surface area contributed by atoms with Gasteiger partial charge in [-0.05, 0) is 58.7 Å². The molecular formula is C14H12BrF2NO. The first-order valence-electron chi connectivity index (χ1n) is 5.65. The van der Waals surface area contributed by atoms with Gasteiger partial charge in [0.2, 0.25) is 0 Å². The zero-order chi connectivity index (χ0) is 14.0. The van der Waals surface area contributed by atoms with Gasteiger partial charge in [0.1, 0.15) is 11.6 Å². The second kappa shape index (κ2) is 5.67. The van der Waals surface area contributed by atoms with E-state index in [0.29, 0.717) is 15.8 Å². The van der Waals surface area contributed by atoms with Gasteiger partial charge in [-0.15, -0.1) is 0 Å². The largest absolute Gasteiger partial charge is 0.453 e. The summed E-state index contributed by atoms with van der Waals surface area (Å²) in [5, 5.41) is 0. The van der Waals surface area contributed by atoms with Crippen LogP contribution in [0.2, 0.25) is 0 Å². The SMILES string of the molecule is C[C@@H](N)c1ccc(Oc2ccc(F)cc2Br)c(F)c1. The van der Waals surface area contributed by atoms with Crippen LogP contribution in [0.25, 0.3) is 0 Å². The molecule has 0 fully saturated rings. The highest BCUT2D eigenvalue weighted by molar-refractivity contribution is 9.10. The molecule has 2 N–H and O–H groups in total. The highest BCUT2D eigenvalue weighted by Gasteiger charge is 2.10. The number of ether oxygens (including phenoxy) is 1. The van der Waals surface area contributed by atoms with Crippen molar-refractivity contribution in [3.63, 3.8) is 0 Å². The molecule has 2 nitrogen and oxygen atoms in total. The van der Waals surface area contributed by atoms with E-state index in [1.54, 1.807) is 13.0 Å². The zero-order valence-corrected chi connectivity index (χ0v) is 11.7. The molecule has 0 saturated heterocycles. The molecule has 0 saturated carbocycles. The number of hydrogen-bond donors (Lipinski definition) is 1. The van der Waals surface area contributed by atoms with Gasteiger partial charge in [0.15, 0.2) is 11.6 Å². The first kappa shape index (κ1) is 14.0. The van der Waals surface area contributed by atoms with Gasteiger partial charge in [0, 0.05) is 6.04 Å². The molecule has 0 unspecified atom stereocenters. The minimum atomic E-state index is -0.508. The highest BCUT2D eigenvalue weighted by Crippen LogP contribution is 2.32. The zero-order valence-electron chi connectivity index (χ0n) is 10.2. The van der Waals surface area contributed by atoms with Gasteiger partial charge in [0.25, 0.3) is 0 Å². The summed E-state index contributed by atoms with van der Waals surface area (Å²) in [5.74, 6) is -0.497. The Hall–Kier alpha value is -1.46. The Morgan fingerprint density at radius 3 is 2.37 bits per heavy atom. The van der Waals surface area contributed by atoms with E-state index in [9.17, 15) is 8.78 Å². The fourth-order valence-electron chi connectivity index (χ4n) is 1.56. The van der Waals surface area contributed by atoms with Crippen LogP contribution in [0, 0.1) is 11.6 Å². The summed E-state index contributed by atoms with van der Waals surface area (Å²) in [6.07, 6.45) is 0. The number of benzene rings is 2. The van der Waals surface area contributed by atoms with Gasteiger partial charge in [-0.3, -0.25) is 0 Å². The van der Waals surface area contributed by atoms with E-state index in [2.05, 4.69) is 15.9 Å². The van der Waals surface area contributed by atoms with Crippen molar-refractivity contribution in [1.29, 1.82) is 0 Å². The Kier molecular flexibility index (Phi) is 4.17. The monoisotopic (exact) mass is 327 g/mol. The second-order valence-corrected chi connectivity index (χ2v) is 5.01. The quantitative estimate of drug-likeness (QED) is 0.898. The lowest BCUT2D eigenvalue weighted by atomic mass is 10.1. The number of rotatable bonds is 3. The first-order chi connectivity index (χ1) is 8.97. The van der Waals surface area contributed by atoms with Gasteiger partial charge in [-0.1, -0.05) is 6.07 Å². The molecule has 1 atom stereocenters. The molecule has 2 rings (SSSR count). The summed E-state index contributed by atoms with van der Waals surface area (Å²) in [6, 6.07) is 8.21. The predicted molar refractivity (Wildman–Crippen MR) is 73.2 cm³/mol. The molecule has 0 bridgehead atoms. The molecule has 0 aliphatic rings. The third kappa shape index (κ3) is 3.30. The maximum atomic E-state index is 13.8. The van der Waals surface area contributed by atoms with Gasteiger partial charge in [0.05, 0.1) is 4.47 Å². The Morgan fingerprint density at radius 2 is 1.79 bits per heavy atom. The van der Waals surface area contributed by atoms with Gasteiger partial charge in [-0.25, -0.2) is 8.78 Å². The van der Waals surface area contributed by atoms with Crippen molar-refractivity contribution in [3.05, 3.63) is 58.1 Å². The molecule has 0 heterocycles. The van der Waals surface area contributed by atoms with Crippen LogP contribution in [0.15, 0.2) is 40.9 Å². The summed E-state index contributed by atoms with van der Waals surface area (Å²) < 4.78 is 32.6. The maximum Gasteiger partial charge on any atom is 0.166 e. The molecule has 2 aromatic rings. The van der Waals surface area contributed by atoms with Crippen molar-refractivity contribution in [2.45, 2.75) is 13.0 Å². The summed E-state index contributed by atoms with van der Waals surface area (Å²) in [4.78, 5) is 0. The van der Waals surface area contributed by atoms with Crippen LogP contribution < -0.4 is 10.5 Å². The minimum absolute atomic E-state index is 0.0664. The Balaban J connectivity index is 2.28. The van der Waals surface area contributed by atoms with E-state index < -0.39 is 11.6 Å². The second-order valence-electron chi connectivity index (χ2n) is 4.16. The van der Waals surface area contributed by atoms with Crippen molar-refractivity contribution < 1.29 is 13.5 Å². The number of nitrogens with two attached hydrogens (primary N) is 1. The van der Waals surface area contributed by atoms with Crippen LogP contribution >= 0.6 is 15.9 Å². The normalized spacial score (nSPS) is 12.3. The third-order valence-corrected chi connectivity index (χ3v) is 3.22. The van der Waals surface area contributed by atoms with E-state index in [1.165, 1.54) is 30.3 Å². The third-order valence-electron chi connectivity index (χ3n) is 2.60. The van der Waals surface area contributed by atoms with Crippen LogP contribution in [0.5, 0.6) is 11.5 Å². The van der Waals surface area contributed by atoms with Crippen molar-refractivity contribution >= 4 is 15.9 Å². The van der Waals surface area contributed by atoms with E-state index >= 15 is 0 Å². The van der Waals surface area contributed by atoms with Gasteiger partial charge >= 0.3 is 0 Å². The Morgan fingerprint density at radius 1 is 1.11 bits per heavy atom. The standard InChI is InChI=1S/C14H12BrF2NO/c1-8(18)9-2-4-14(12(17)6-9)19-13-5-3-10(16)7-11(13)15/h2-8H,18H2,1H3/t8-/m1/s1. The molecule has 5 heteroatoms. The molecule has 0 radical (unpaired) electrons. The number of hydrogen-bond acceptors (Lipinski definition) is 2. The molecular weight excluding hydrogens is 316 g/mol. The van der Waals surface area contributed by atoms with E-state index in [4.69, 9.17) is 10.5 Å². The van der Waals surface area contributed by atoms with Gasteiger partial charge < -0.3 is 10.5 Å². The first-order valence-corrected chi connectivity index (χ1v) is 6.44. The molecule has 0 aliphatic carbocycles. The average Bonchev–Trinajstić information content (AvgIpc) is 2.34. The average molecular weight is 328 g/mol. The predicted octanol–water partition coefficient (Wildman–Crippen LogP) is 4.54. The Bertz CT molecular complexity index is 602. The van der Waals surface area contributed by atoms with Gasteiger partial charge in [-0.2, -0.15) is 0 Å². The lowest BCUT2D eigenvalue weighted by molar-refractivity contribution is 0.438. The summed E-state index contributed by atoms with van der Waals surface area (Å²) in [6.45, 7) is 1.77. The molecule has 0 spiro atoms. The van der Waals surface area contributed by atoms with E-state index in [0.717, 1.165) is 0 Å². The minimum Gasteiger partial charge on any atom is -0.453 e. The fourth-order valence-corrected chi connectivity index (χ4v) is 1.99. The van der Waals surface area contributed by atoms with Crippen LogP contribution in [0.1, 0.15) is 18.5 Å². The van der Waals surface area contributed by atoms with Crippen LogP contribution in [-0.4, -0.2) is 0 Å². The number of halogens is 3. The van der Waals surface area contributed by atoms with Crippen molar-refractivity contribution in [2.24, 2.45) is 5.73 Å². The lowest BCUT2D eigenvalue weighted by Crippen LogP contribution is -2.05. The Labute approximate surface area is 118 Å². The topological polar surface area (TPSA) is 35.2 Å². The summed E-state index contributed by atoms with van der Waals surface area (Å²) in [5.41, 5.74) is 6.35. The maximum absolute atomic E-state index is 13.8. The highest BCUT2D eigenvalue weighted by atomic mass is 79.9. The molecule has 0 aliphatic heterocycles. The molecule has 0 amide bonds. The smallest absolute Gasteiger partial charge is 0.166 e. The van der Waals surface area contributed by atoms with E-state index in [1.807, 2.05) is 0 Å². The van der Waals surface area contributed by atoms with Crippen molar-refractivity contribution in [2.75, 3.05) is 0 Å². The molecule has 2 aromatic carbocycles.